The molecule has 222 valence electrons. The van der Waals surface area contributed by atoms with Gasteiger partial charge in [-0.05, 0) is 68.8 Å². The third-order valence-corrected chi connectivity index (χ3v) is 6.53. The number of nitrogens with zero attached hydrogens (tertiary/aromatic N) is 6. The van der Waals surface area contributed by atoms with Crippen LogP contribution in [0.25, 0.3) is 5.69 Å². The number of carbonyl (C=O) groups excluding carboxylic acids is 2. The number of rotatable bonds is 7. The number of benzene rings is 2. The van der Waals surface area contributed by atoms with E-state index in [9.17, 15) is 14.4 Å². The van der Waals surface area contributed by atoms with Crippen LogP contribution in [0.4, 0.5) is 10.5 Å². The summed E-state index contributed by atoms with van der Waals surface area (Å²) in [5, 5.41) is 24.2. The normalized spacial score (nSPS) is 13.4. The summed E-state index contributed by atoms with van der Waals surface area (Å²) in [6.07, 6.45) is 2.44. The van der Waals surface area contributed by atoms with Gasteiger partial charge in [-0.25, -0.2) is 14.2 Å². The number of amides is 2. The van der Waals surface area contributed by atoms with Crippen LogP contribution in [0.1, 0.15) is 48.0 Å². The monoisotopic (exact) mass is 584 g/mol. The van der Waals surface area contributed by atoms with Gasteiger partial charge >= 0.3 is 6.09 Å². The molecular weight excluding hydrogens is 552 g/mol. The summed E-state index contributed by atoms with van der Waals surface area (Å²) in [6.45, 7) is 7.59. The lowest BCUT2D eigenvalue weighted by molar-refractivity contribution is 0.0303. The third kappa shape index (κ3) is 7.19. The minimum atomic E-state index is -0.719. The zero-order chi connectivity index (χ0) is 30.6. The summed E-state index contributed by atoms with van der Waals surface area (Å²) < 4.78 is 13.5. The SMILES string of the molecule is CC(C)(C)OC(=O)Nc1ccc(Cn2ncccc2=O)cc1C(=N)c1cn(-c2ccc(C(=O)N3CCOCC3)cc2)nn1. The Labute approximate surface area is 247 Å². The molecule has 3 heterocycles. The van der Waals surface area contributed by atoms with Crippen LogP contribution in [0.3, 0.4) is 0 Å². The van der Waals surface area contributed by atoms with Crippen LogP contribution in [-0.2, 0) is 16.0 Å². The molecule has 13 nitrogen and oxygen atoms in total. The lowest BCUT2D eigenvalue weighted by atomic mass is 10.0. The van der Waals surface area contributed by atoms with Crippen molar-refractivity contribution in [3.05, 3.63) is 99.7 Å². The van der Waals surface area contributed by atoms with Crippen molar-refractivity contribution in [2.75, 3.05) is 31.6 Å². The van der Waals surface area contributed by atoms with E-state index >= 15 is 0 Å². The lowest BCUT2D eigenvalue weighted by Gasteiger charge is -2.26. The molecule has 2 N–H and O–H groups in total. The van der Waals surface area contributed by atoms with E-state index in [1.807, 2.05) is 0 Å². The molecule has 0 unspecified atom stereocenters. The van der Waals surface area contributed by atoms with Crippen LogP contribution in [-0.4, -0.2) is 79.3 Å². The number of carbonyl (C=O) groups is 2. The fourth-order valence-corrected chi connectivity index (χ4v) is 4.45. The van der Waals surface area contributed by atoms with Crippen molar-refractivity contribution in [2.45, 2.75) is 32.9 Å². The van der Waals surface area contributed by atoms with E-state index in [1.54, 1.807) is 80.4 Å². The largest absolute Gasteiger partial charge is 0.444 e. The second kappa shape index (κ2) is 12.4. The van der Waals surface area contributed by atoms with E-state index in [-0.39, 0.29) is 29.4 Å². The number of morpholine rings is 1. The number of hydrogen-bond donors (Lipinski definition) is 2. The minimum Gasteiger partial charge on any atom is -0.444 e. The third-order valence-electron chi connectivity index (χ3n) is 6.53. The number of nitrogens with one attached hydrogen (secondary N) is 2. The number of aromatic nitrogens is 5. The van der Waals surface area contributed by atoms with Crippen LogP contribution in [0, 0.1) is 5.41 Å². The van der Waals surface area contributed by atoms with E-state index in [0.717, 1.165) is 0 Å². The van der Waals surface area contributed by atoms with Gasteiger partial charge in [-0.15, -0.1) is 5.10 Å². The molecular formula is C30H32N8O5. The molecule has 0 spiro atoms. The second-order valence-corrected chi connectivity index (χ2v) is 10.9. The smallest absolute Gasteiger partial charge is 0.412 e. The predicted molar refractivity (Wildman–Crippen MR) is 158 cm³/mol. The number of hydrogen-bond acceptors (Lipinski definition) is 9. The summed E-state index contributed by atoms with van der Waals surface area (Å²) in [5.74, 6) is -0.0613. The van der Waals surface area contributed by atoms with Gasteiger partial charge in [-0.3, -0.25) is 20.3 Å². The fraction of sp³-hybridized carbons (Fsp3) is 0.300. The van der Waals surface area contributed by atoms with Gasteiger partial charge in [0.1, 0.15) is 11.3 Å². The van der Waals surface area contributed by atoms with E-state index in [4.69, 9.17) is 14.9 Å². The van der Waals surface area contributed by atoms with Crippen LogP contribution < -0.4 is 10.9 Å². The maximum atomic E-state index is 12.8. The van der Waals surface area contributed by atoms with Crippen LogP contribution in [0.15, 0.2) is 71.8 Å². The van der Waals surface area contributed by atoms with Gasteiger partial charge < -0.3 is 14.4 Å². The Hall–Kier alpha value is -5.17. The van der Waals surface area contributed by atoms with Crippen molar-refractivity contribution in [3.63, 3.8) is 0 Å². The molecule has 1 saturated heterocycles. The van der Waals surface area contributed by atoms with Crippen LogP contribution >= 0.6 is 0 Å². The topological polar surface area (TPSA) is 157 Å². The summed E-state index contributed by atoms with van der Waals surface area (Å²) in [4.78, 5) is 39.4. The summed E-state index contributed by atoms with van der Waals surface area (Å²) in [7, 11) is 0. The molecule has 4 aromatic rings. The highest BCUT2D eigenvalue weighted by atomic mass is 16.6. The van der Waals surface area contributed by atoms with Crippen molar-refractivity contribution in [3.8, 4) is 5.69 Å². The van der Waals surface area contributed by atoms with Crippen LogP contribution in [0.5, 0.6) is 0 Å². The Bertz CT molecular complexity index is 1700. The number of ether oxygens (including phenoxy) is 2. The highest BCUT2D eigenvalue weighted by Gasteiger charge is 2.21. The first-order valence-electron chi connectivity index (χ1n) is 13.7. The molecule has 13 heteroatoms. The Morgan fingerprint density at radius 3 is 2.51 bits per heavy atom. The van der Waals surface area contributed by atoms with Crippen molar-refractivity contribution in [2.24, 2.45) is 0 Å². The highest BCUT2D eigenvalue weighted by Crippen LogP contribution is 2.23. The maximum absolute atomic E-state index is 12.8. The minimum absolute atomic E-state index is 0.00774. The van der Waals surface area contributed by atoms with E-state index < -0.39 is 11.7 Å². The molecule has 0 saturated carbocycles. The zero-order valence-corrected chi connectivity index (χ0v) is 24.1. The molecule has 2 amide bonds. The standard InChI is InChI=1S/C30H32N8O5/c1-30(2,3)43-29(41)33-24-11-6-20(18-38-26(39)5-4-12-32-38)17-23(24)27(31)25-19-37(35-34-25)22-9-7-21(8-10-22)28(40)36-13-15-42-16-14-36/h4-12,17,19,31H,13-16,18H2,1-3H3,(H,33,41). The van der Waals surface area contributed by atoms with E-state index in [1.165, 1.54) is 21.6 Å². The van der Waals surface area contributed by atoms with Gasteiger partial charge in [0.15, 0.2) is 0 Å². The van der Waals surface area contributed by atoms with Gasteiger partial charge in [0, 0.05) is 36.5 Å². The molecule has 2 aromatic carbocycles. The summed E-state index contributed by atoms with van der Waals surface area (Å²) in [6, 6.07) is 15.0. The second-order valence-electron chi connectivity index (χ2n) is 10.9. The van der Waals surface area contributed by atoms with Crippen molar-refractivity contribution in [1.82, 2.24) is 29.7 Å². The highest BCUT2D eigenvalue weighted by molar-refractivity contribution is 6.14. The van der Waals surface area contributed by atoms with Crippen molar-refractivity contribution < 1.29 is 19.1 Å². The average Bonchev–Trinajstić information content (AvgIpc) is 3.48. The van der Waals surface area contributed by atoms with Gasteiger partial charge in [-0.2, -0.15) is 5.10 Å². The molecule has 0 atom stereocenters. The maximum Gasteiger partial charge on any atom is 0.412 e. The number of anilines is 1. The molecule has 0 radical (unpaired) electrons. The van der Waals surface area contributed by atoms with Crippen LogP contribution in [0.2, 0.25) is 0 Å². The first-order chi connectivity index (χ1) is 20.6. The first kappa shape index (κ1) is 29.3. The average molecular weight is 585 g/mol. The summed E-state index contributed by atoms with van der Waals surface area (Å²) in [5.41, 5.74) is 1.82. The van der Waals surface area contributed by atoms with Gasteiger partial charge in [0.2, 0.25) is 0 Å². The molecule has 43 heavy (non-hydrogen) atoms. The Kier molecular flexibility index (Phi) is 8.44. The molecule has 2 aromatic heterocycles. The van der Waals surface area contributed by atoms with E-state index in [0.29, 0.717) is 54.4 Å². The van der Waals surface area contributed by atoms with Crippen molar-refractivity contribution in [1.29, 1.82) is 5.41 Å². The lowest BCUT2D eigenvalue weighted by Crippen LogP contribution is -2.40. The van der Waals surface area contributed by atoms with E-state index in [2.05, 4.69) is 20.7 Å². The Balaban J connectivity index is 1.40. The quantitative estimate of drug-likeness (QED) is 0.314. The van der Waals surface area contributed by atoms with Gasteiger partial charge in [-0.1, -0.05) is 11.3 Å². The predicted octanol–water partition coefficient (Wildman–Crippen LogP) is 3.11. The van der Waals surface area contributed by atoms with Gasteiger partial charge in [0.05, 0.1) is 43.0 Å². The molecule has 0 aliphatic carbocycles. The molecule has 1 aliphatic heterocycles. The van der Waals surface area contributed by atoms with Gasteiger partial charge in [0.25, 0.3) is 11.5 Å². The molecule has 0 bridgehead atoms. The zero-order valence-electron chi connectivity index (χ0n) is 24.1. The first-order valence-corrected chi connectivity index (χ1v) is 13.7. The Morgan fingerprint density at radius 1 is 1.07 bits per heavy atom. The van der Waals surface area contributed by atoms with Crippen molar-refractivity contribution >= 4 is 23.4 Å². The molecule has 1 aliphatic rings. The molecule has 1 fully saturated rings. The summed E-state index contributed by atoms with van der Waals surface area (Å²) >= 11 is 0. The molecule has 5 rings (SSSR count). The Morgan fingerprint density at radius 2 is 1.81 bits per heavy atom. The fourth-order valence-electron chi connectivity index (χ4n) is 4.45.